The van der Waals surface area contributed by atoms with E-state index in [9.17, 15) is 17.6 Å². The van der Waals surface area contributed by atoms with Crippen LogP contribution in [0.2, 0.25) is 0 Å². The predicted molar refractivity (Wildman–Crippen MR) is 111 cm³/mol. The standard InChI is InChI=1S/C21H22FN5O3S/c22-19-3-1-2-4-20(19)31(29,30)26-11-9-17(10-12-26)21(28)24-13-16-5-7-18(8-6-16)27-15-23-14-25-27/h1-8,14-15,17H,9-13H2,(H,24,28). The number of benzene rings is 2. The molecule has 0 saturated carbocycles. The van der Waals surface area contributed by atoms with Gasteiger partial charge in [0, 0.05) is 25.6 Å². The van der Waals surface area contributed by atoms with Crippen molar-refractivity contribution >= 4 is 15.9 Å². The predicted octanol–water partition coefficient (Wildman–Crippen LogP) is 2.12. The van der Waals surface area contributed by atoms with E-state index >= 15 is 0 Å². The highest BCUT2D eigenvalue weighted by Crippen LogP contribution is 2.25. The lowest BCUT2D eigenvalue weighted by Gasteiger charge is -2.30. The van der Waals surface area contributed by atoms with Crippen molar-refractivity contribution in [3.8, 4) is 5.69 Å². The van der Waals surface area contributed by atoms with E-state index in [-0.39, 0.29) is 29.8 Å². The zero-order chi connectivity index (χ0) is 21.8. The van der Waals surface area contributed by atoms with Crippen LogP contribution in [0.5, 0.6) is 0 Å². The maximum atomic E-state index is 13.9. The van der Waals surface area contributed by atoms with Crippen LogP contribution in [0.4, 0.5) is 4.39 Å². The summed E-state index contributed by atoms with van der Waals surface area (Å²) in [4.78, 5) is 16.1. The second-order valence-corrected chi connectivity index (χ2v) is 9.24. The van der Waals surface area contributed by atoms with E-state index in [2.05, 4.69) is 15.4 Å². The molecule has 1 aliphatic heterocycles. The minimum absolute atomic E-state index is 0.108. The molecule has 1 amide bonds. The molecule has 1 aliphatic rings. The number of hydrogen-bond acceptors (Lipinski definition) is 5. The van der Waals surface area contributed by atoms with Crippen molar-refractivity contribution in [1.29, 1.82) is 0 Å². The van der Waals surface area contributed by atoms with E-state index in [0.29, 0.717) is 19.4 Å². The summed E-state index contributed by atoms with van der Waals surface area (Å²) in [7, 11) is -3.90. The van der Waals surface area contributed by atoms with Gasteiger partial charge in [0.25, 0.3) is 0 Å². The molecule has 1 N–H and O–H groups in total. The highest BCUT2D eigenvalue weighted by Gasteiger charge is 2.33. The summed E-state index contributed by atoms with van der Waals surface area (Å²) in [6, 6.07) is 12.9. The number of nitrogens with zero attached hydrogens (tertiary/aromatic N) is 4. The normalized spacial score (nSPS) is 15.6. The lowest BCUT2D eigenvalue weighted by molar-refractivity contribution is -0.126. The smallest absolute Gasteiger partial charge is 0.245 e. The van der Waals surface area contributed by atoms with Gasteiger partial charge >= 0.3 is 0 Å². The van der Waals surface area contributed by atoms with Crippen molar-refractivity contribution in [2.75, 3.05) is 13.1 Å². The quantitative estimate of drug-likeness (QED) is 0.630. The third-order valence-corrected chi connectivity index (χ3v) is 7.30. The van der Waals surface area contributed by atoms with Gasteiger partial charge in [0.05, 0.1) is 5.69 Å². The summed E-state index contributed by atoms with van der Waals surface area (Å²) in [6.07, 6.45) is 3.85. The summed E-state index contributed by atoms with van der Waals surface area (Å²) in [6.45, 7) is 0.743. The highest BCUT2D eigenvalue weighted by molar-refractivity contribution is 7.89. The van der Waals surface area contributed by atoms with Crippen LogP contribution < -0.4 is 5.32 Å². The molecule has 3 aromatic rings. The minimum atomic E-state index is -3.90. The first-order valence-electron chi connectivity index (χ1n) is 9.91. The third kappa shape index (κ3) is 4.64. The second-order valence-electron chi connectivity index (χ2n) is 7.33. The molecule has 162 valence electrons. The number of aromatic nitrogens is 3. The van der Waals surface area contributed by atoms with Crippen molar-refractivity contribution < 1.29 is 17.6 Å². The fourth-order valence-corrected chi connectivity index (χ4v) is 5.13. The minimum Gasteiger partial charge on any atom is -0.352 e. The molecule has 4 rings (SSSR count). The van der Waals surface area contributed by atoms with Crippen LogP contribution in [0.1, 0.15) is 18.4 Å². The number of carbonyl (C=O) groups excluding carboxylic acids is 1. The van der Waals surface area contributed by atoms with Gasteiger partial charge in [-0.1, -0.05) is 24.3 Å². The third-order valence-electron chi connectivity index (χ3n) is 5.37. The van der Waals surface area contributed by atoms with Gasteiger partial charge in [0.1, 0.15) is 23.4 Å². The highest BCUT2D eigenvalue weighted by atomic mass is 32.2. The Bertz CT molecular complexity index is 1140. The van der Waals surface area contributed by atoms with Crippen LogP contribution >= 0.6 is 0 Å². The van der Waals surface area contributed by atoms with E-state index < -0.39 is 15.8 Å². The van der Waals surface area contributed by atoms with E-state index in [0.717, 1.165) is 17.3 Å². The zero-order valence-corrected chi connectivity index (χ0v) is 17.5. The molecule has 2 aromatic carbocycles. The van der Waals surface area contributed by atoms with Crippen LogP contribution in [0, 0.1) is 11.7 Å². The zero-order valence-electron chi connectivity index (χ0n) is 16.7. The van der Waals surface area contributed by atoms with Crippen molar-refractivity contribution in [3.05, 3.63) is 72.6 Å². The Morgan fingerprint density at radius 3 is 2.45 bits per heavy atom. The second kappa shape index (κ2) is 8.94. The fraction of sp³-hybridized carbons (Fsp3) is 0.286. The maximum absolute atomic E-state index is 13.9. The number of hydrogen-bond donors (Lipinski definition) is 1. The molecular weight excluding hydrogens is 421 g/mol. The SMILES string of the molecule is O=C(NCc1ccc(-n2cncn2)cc1)C1CCN(S(=O)(=O)c2ccccc2F)CC1. The number of sulfonamides is 1. The topological polar surface area (TPSA) is 97.2 Å². The number of rotatable bonds is 6. The first-order valence-corrected chi connectivity index (χ1v) is 11.4. The molecule has 0 aliphatic carbocycles. The molecule has 1 saturated heterocycles. The summed E-state index contributed by atoms with van der Waals surface area (Å²) in [5, 5.41) is 6.98. The lowest BCUT2D eigenvalue weighted by atomic mass is 9.97. The maximum Gasteiger partial charge on any atom is 0.245 e. The lowest BCUT2D eigenvalue weighted by Crippen LogP contribution is -2.43. The molecule has 2 heterocycles. The van der Waals surface area contributed by atoms with Crippen LogP contribution in [0.15, 0.2) is 66.1 Å². The molecule has 0 bridgehead atoms. The van der Waals surface area contributed by atoms with Gasteiger partial charge in [-0.15, -0.1) is 0 Å². The van der Waals surface area contributed by atoms with Crippen molar-refractivity contribution in [3.63, 3.8) is 0 Å². The molecule has 1 aromatic heterocycles. The first-order chi connectivity index (χ1) is 14.9. The fourth-order valence-electron chi connectivity index (χ4n) is 3.59. The van der Waals surface area contributed by atoms with E-state index in [1.807, 2.05) is 24.3 Å². The van der Waals surface area contributed by atoms with E-state index in [4.69, 9.17) is 0 Å². The van der Waals surface area contributed by atoms with Gasteiger partial charge in [-0.2, -0.15) is 9.40 Å². The van der Waals surface area contributed by atoms with Gasteiger partial charge in [0.2, 0.25) is 15.9 Å². The Balaban J connectivity index is 1.30. The Hall–Kier alpha value is -3.11. The summed E-state index contributed by atoms with van der Waals surface area (Å²) in [5.41, 5.74) is 1.81. The Morgan fingerprint density at radius 1 is 1.10 bits per heavy atom. The Labute approximate surface area is 179 Å². The molecule has 31 heavy (non-hydrogen) atoms. The van der Waals surface area contributed by atoms with Crippen LogP contribution in [-0.2, 0) is 21.4 Å². The molecule has 8 nitrogen and oxygen atoms in total. The number of piperidine rings is 1. The Morgan fingerprint density at radius 2 is 1.81 bits per heavy atom. The van der Waals surface area contributed by atoms with E-state index in [1.54, 1.807) is 11.0 Å². The number of amides is 1. The van der Waals surface area contributed by atoms with Gasteiger partial charge in [0.15, 0.2) is 0 Å². The van der Waals surface area contributed by atoms with Gasteiger partial charge < -0.3 is 5.32 Å². The van der Waals surface area contributed by atoms with Gasteiger partial charge in [-0.05, 0) is 42.7 Å². The Kier molecular flexibility index (Phi) is 6.10. The molecule has 0 radical (unpaired) electrons. The van der Waals surface area contributed by atoms with Crippen LogP contribution in [0.25, 0.3) is 5.69 Å². The number of nitrogens with one attached hydrogen (secondary N) is 1. The molecular formula is C21H22FN5O3S. The molecule has 1 fully saturated rings. The summed E-state index contributed by atoms with van der Waals surface area (Å²) in [5.74, 6) is -1.15. The average molecular weight is 444 g/mol. The van der Waals surface area contributed by atoms with Gasteiger partial charge in [-0.25, -0.2) is 22.5 Å². The molecule has 0 atom stereocenters. The van der Waals surface area contributed by atoms with Gasteiger partial charge in [-0.3, -0.25) is 4.79 Å². The van der Waals surface area contributed by atoms with Crippen molar-refractivity contribution in [1.82, 2.24) is 24.4 Å². The largest absolute Gasteiger partial charge is 0.352 e. The van der Waals surface area contributed by atoms with Crippen molar-refractivity contribution in [2.45, 2.75) is 24.3 Å². The summed E-state index contributed by atoms with van der Waals surface area (Å²) >= 11 is 0. The van der Waals surface area contributed by atoms with Crippen LogP contribution in [0.3, 0.4) is 0 Å². The number of halogens is 1. The molecule has 10 heteroatoms. The average Bonchev–Trinajstić information content (AvgIpc) is 3.33. The van der Waals surface area contributed by atoms with Crippen LogP contribution in [-0.4, -0.2) is 46.5 Å². The molecule has 0 unspecified atom stereocenters. The summed E-state index contributed by atoms with van der Waals surface area (Å²) < 4.78 is 42.2. The number of carbonyl (C=O) groups is 1. The van der Waals surface area contributed by atoms with E-state index in [1.165, 1.54) is 28.8 Å². The monoisotopic (exact) mass is 443 g/mol. The first kappa shape index (κ1) is 21.1. The molecule has 0 spiro atoms. The van der Waals surface area contributed by atoms with Crippen molar-refractivity contribution in [2.24, 2.45) is 5.92 Å².